The van der Waals surface area contributed by atoms with Crippen molar-refractivity contribution in [3.8, 4) is 17.1 Å². The van der Waals surface area contributed by atoms with Gasteiger partial charge in [-0.15, -0.1) is 0 Å². The maximum absolute atomic E-state index is 16.9. The molecule has 9 rings (SSSR count). The number of nitrogen functional groups attached to an aromatic ring is 1. The fourth-order valence-corrected chi connectivity index (χ4v) is 9.43. The van der Waals surface area contributed by atoms with Crippen LogP contribution < -0.4 is 20.7 Å². The number of alkyl halides is 3. The molecule has 1 saturated carbocycles. The van der Waals surface area contributed by atoms with Gasteiger partial charge in [-0.25, -0.2) is 26.9 Å². The molecule has 1 amide bonds. The van der Waals surface area contributed by atoms with Gasteiger partial charge in [-0.2, -0.15) is 9.97 Å². The van der Waals surface area contributed by atoms with Crippen LogP contribution in [0.1, 0.15) is 32.1 Å². The number of anilines is 2. The lowest BCUT2D eigenvalue weighted by atomic mass is 9.95. The van der Waals surface area contributed by atoms with Crippen LogP contribution in [0.15, 0.2) is 18.2 Å². The van der Waals surface area contributed by atoms with Gasteiger partial charge >= 0.3 is 6.01 Å². The van der Waals surface area contributed by atoms with Crippen molar-refractivity contribution >= 4 is 60.9 Å². The number of aromatic nitrogens is 3. The highest BCUT2D eigenvalue weighted by Crippen LogP contribution is 2.45. The van der Waals surface area contributed by atoms with Crippen LogP contribution in [-0.2, 0) is 4.79 Å². The molecule has 1 aliphatic carbocycles. The second-order valence-electron chi connectivity index (χ2n) is 14.5. The number of nitrogens with two attached hydrogens (primary N) is 1. The third-order valence-corrected chi connectivity index (χ3v) is 12.2. The van der Waals surface area contributed by atoms with Gasteiger partial charge in [0.25, 0.3) is 5.92 Å². The Balaban J connectivity index is 1.12. The summed E-state index contributed by atoms with van der Waals surface area (Å²) in [7, 11) is 0. The molecule has 51 heavy (non-hydrogen) atoms. The zero-order chi connectivity index (χ0) is 35.4. The van der Waals surface area contributed by atoms with Crippen molar-refractivity contribution in [2.45, 2.75) is 61.8 Å². The molecular formula is C34H34ClF5N8O2S. The molecule has 10 nitrogen and oxygen atoms in total. The van der Waals surface area contributed by atoms with Crippen molar-refractivity contribution in [2.24, 2.45) is 5.92 Å². The maximum atomic E-state index is 16.9. The molecule has 0 spiro atoms. The highest BCUT2D eigenvalue weighted by Gasteiger charge is 2.53. The number of halogens is 6. The van der Waals surface area contributed by atoms with Gasteiger partial charge in [-0.05, 0) is 56.3 Å². The molecule has 4 aliphatic heterocycles. The summed E-state index contributed by atoms with van der Waals surface area (Å²) >= 11 is 7.66. The molecule has 0 bridgehead atoms. The Kier molecular flexibility index (Phi) is 7.80. The third kappa shape index (κ3) is 5.82. The molecular weight excluding hydrogens is 715 g/mol. The summed E-state index contributed by atoms with van der Waals surface area (Å²) in [5.74, 6) is -4.84. The van der Waals surface area contributed by atoms with Gasteiger partial charge in [0.1, 0.15) is 36.0 Å². The predicted octanol–water partition coefficient (Wildman–Crippen LogP) is 5.41. The highest BCUT2D eigenvalue weighted by atomic mass is 35.5. The Bertz CT molecular complexity index is 2090. The first-order valence-electron chi connectivity index (χ1n) is 17.1. The number of rotatable bonds is 7. The first-order chi connectivity index (χ1) is 24.4. The van der Waals surface area contributed by atoms with Crippen molar-refractivity contribution in [3.63, 3.8) is 0 Å². The number of carbonyl (C=O) groups is 1. The Labute approximate surface area is 298 Å². The summed E-state index contributed by atoms with van der Waals surface area (Å²) in [4.78, 5) is 31.0. The summed E-state index contributed by atoms with van der Waals surface area (Å²) in [5, 5.41) is 3.16. The Hall–Kier alpha value is -3.60. The number of benzene rings is 2. The van der Waals surface area contributed by atoms with E-state index in [1.807, 2.05) is 4.90 Å². The van der Waals surface area contributed by atoms with Gasteiger partial charge in [-0.1, -0.05) is 22.9 Å². The van der Waals surface area contributed by atoms with Crippen LogP contribution in [0.5, 0.6) is 6.01 Å². The quantitative estimate of drug-likeness (QED) is 0.189. The van der Waals surface area contributed by atoms with Crippen LogP contribution in [0, 0.1) is 17.6 Å². The molecule has 17 heteroatoms. The van der Waals surface area contributed by atoms with Crippen LogP contribution >= 0.6 is 22.9 Å². The molecule has 270 valence electrons. The van der Waals surface area contributed by atoms with Crippen LogP contribution in [0.2, 0.25) is 5.02 Å². The number of hydrogen-bond acceptors (Lipinski definition) is 10. The van der Waals surface area contributed by atoms with E-state index in [-0.39, 0.29) is 98.8 Å². The zero-order valence-electron chi connectivity index (χ0n) is 27.3. The normalized spacial score (nSPS) is 27.7. The maximum Gasteiger partial charge on any atom is 0.319 e. The second-order valence-corrected chi connectivity index (χ2v) is 15.9. The summed E-state index contributed by atoms with van der Waals surface area (Å²) in [6.45, 7) is -0.622. The minimum atomic E-state index is -3.34. The van der Waals surface area contributed by atoms with E-state index in [1.165, 1.54) is 21.9 Å². The molecule has 2 unspecified atom stereocenters. The second kappa shape index (κ2) is 12.0. The summed E-state index contributed by atoms with van der Waals surface area (Å²) < 4.78 is 83.8. The average molecular weight is 749 g/mol. The number of nitrogens with one attached hydrogen (secondary N) is 1. The van der Waals surface area contributed by atoms with Gasteiger partial charge in [0, 0.05) is 48.6 Å². The number of fused-ring (bicyclic) bond motifs is 3. The lowest BCUT2D eigenvalue weighted by Crippen LogP contribution is -2.44. The van der Waals surface area contributed by atoms with Crippen molar-refractivity contribution in [1.82, 2.24) is 30.1 Å². The fraction of sp³-hybridized carbons (Fsp3) is 0.529. The van der Waals surface area contributed by atoms with Crippen molar-refractivity contribution < 1.29 is 31.5 Å². The lowest BCUT2D eigenvalue weighted by Gasteiger charge is -2.31. The average Bonchev–Trinajstić information content (AvgIpc) is 3.98. The minimum absolute atomic E-state index is 0.0191. The molecule has 2 aromatic heterocycles. The zero-order valence-corrected chi connectivity index (χ0v) is 28.9. The molecule has 5 aliphatic rings. The molecule has 3 N–H and O–H groups in total. The van der Waals surface area contributed by atoms with Gasteiger partial charge < -0.3 is 20.3 Å². The van der Waals surface area contributed by atoms with E-state index in [0.29, 0.717) is 18.9 Å². The third-order valence-electron chi connectivity index (χ3n) is 11.0. The summed E-state index contributed by atoms with van der Waals surface area (Å²) in [6, 6.07) is 3.19. The van der Waals surface area contributed by atoms with Crippen molar-refractivity contribution in [1.29, 1.82) is 0 Å². The summed E-state index contributed by atoms with van der Waals surface area (Å²) in [5.41, 5.74) is 5.18. The van der Waals surface area contributed by atoms with E-state index >= 15 is 13.2 Å². The predicted molar refractivity (Wildman–Crippen MR) is 183 cm³/mol. The molecule has 6 heterocycles. The van der Waals surface area contributed by atoms with E-state index in [0.717, 1.165) is 36.7 Å². The van der Waals surface area contributed by atoms with Crippen molar-refractivity contribution in [3.05, 3.63) is 34.9 Å². The Morgan fingerprint density at radius 1 is 1.12 bits per heavy atom. The van der Waals surface area contributed by atoms with E-state index in [9.17, 15) is 13.6 Å². The topological polar surface area (TPSA) is 123 Å². The smallest absolute Gasteiger partial charge is 0.319 e. The minimum Gasteiger partial charge on any atom is -0.461 e. The van der Waals surface area contributed by atoms with Gasteiger partial charge in [-0.3, -0.25) is 15.0 Å². The van der Waals surface area contributed by atoms with E-state index < -0.39 is 48.4 Å². The van der Waals surface area contributed by atoms with E-state index in [1.54, 1.807) is 0 Å². The van der Waals surface area contributed by atoms with Crippen LogP contribution in [0.25, 0.3) is 32.2 Å². The number of ether oxygens (including phenoxy) is 1. The van der Waals surface area contributed by atoms with E-state index in [4.69, 9.17) is 22.1 Å². The number of thiazole rings is 1. The first-order valence-corrected chi connectivity index (χ1v) is 18.3. The standard InChI is InChI=1S/C34H34ClF5N8O2S/c35-20-10-19-25(23(38)22(20)18-4-5-21(37)28-26(18)43-31(41)51-28)44-32(50-15-33-6-1-7-48(33)12-17(36)11-33)45-29(19)46-8-9-47(14-34(39,40)13-46)30(49)27-24(42-27)16-2-3-16/h4-5,10,16-17,24,27,42H,1-3,6-9,11-15H2,(H2,41,43)/t17-,24?,27?,33+/m1/s1. The number of nitrogens with zero attached hydrogens (tertiary/aromatic N) is 6. The lowest BCUT2D eigenvalue weighted by molar-refractivity contribution is -0.134. The van der Waals surface area contributed by atoms with E-state index in [2.05, 4.69) is 20.3 Å². The SMILES string of the molecule is Nc1nc2c(-c3c(Cl)cc4c(N5CCN(C(=O)C6NC6C6CC6)CC(F)(F)C5)nc(OC[C@@]56CCCN5C[C@H](F)C6)nc4c3F)ccc(F)c2s1. The number of amides is 1. The van der Waals surface area contributed by atoms with Gasteiger partial charge in [0.05, 0.1) is 33.9 Å². The number of hydrogen-bond donors (Lipinski definition) is 2. The Morgan fingerprint density at radius 3 is 2.75 bits per heavy atom. The molecule has 4 atom stereocenters. The fourth-order valence-electron chi connectivity index (χ4n) is 8.37. The highest BCUT2D eigenvalue weighted by molar-refractivity contribution is 7.22. The van der Waals surface area contributed by atoms with Gasteiger partial charge in [0.15, 0.2) is 10.9 Å². The number of carbonyl (C=O) groups excluding carboxylic acids is 1. The summed E-state index contributed by atoms with van der Waals surface area (Å²) in [6.07, 6.45) is 2.84. The van der Waals surface area contributed by atoms with Crippen LogP contribution in [-0.4, -0.2) is 106 Å². The first kappa shape index (κ1) is 33.3. The largest absolute Gasteiger partial charge is 0.461 e. The molecule has 0 radical (unpaired) electrons. The molecule has 5 fully saturated rings. The monoisotopic (exact) mass is 748 g/mol. The Morgan fingerprint density at radius 2 is 1.94 bits per heavy atom. The van der Waals surface area contributed by atoms with Crippen LogP contribution in [0.3, 0.4) is 0 Å². The molecule has 2 aromatic carbocycles. The van der Waals surface area contributed by atoms with Crippen LogP contribution in [0.4, 0.5) is 32.9 Å². The molecule has 4 aromatic rings. The molecule has 4 saturated heterocycles. The van der Waals surface area contributed by atoms with Gasteiger partial charge in [0.2, 0.25) is 5.91 Å². The van der Waals surface area contributed by atoms with Crippen molar-refractivity contribution in [2.75, 3.05) is 56.5 Å².